The second-order valence-corrected chi connectivity index (χ2v) is 5.55. The molecule has 21 heavy (non-hydrogen) atoms. The fraction of sp³-hybridized carbons (Fsp3) is 0.438. The Bertz CT molecular complexity index is 670. The maximum atomic E-state index is 9.34. The monoisotopic (exact) mass is 281 g/mol. The van der Waals surface area contributed by atoms with Gasteiger partial charge in [0.05, 0.1) is 11.2 Å². The van der Waals surface area contributed by atoms with Gasteiger partial charge in [0, 0.05) is 25.0 Å². The van der Waals surface area contributed by atoms with Crippen LogP contribution in [-0.4, -0.2) is 36.4 Å². The first-order chi connectivity index (χ1) is 10.3. The topological polar surface area (TPSA) is 64.8 Å². The van der Waals surface area contributed by atoms with Crippen LogP contribution in [0.3, 0.4) is 0 Å². The number of hydrogen-bond donors (Lipinski definition) is 1. The molecule has 0 saturated carbocycles. The maximum absolute atomic E-state index is 9.34. The predicted molar refractivity (Wildman–Crippen MR) is 83.2 cm³/mol. The third kappa shape index (κ3) is 2.81. The van der Waals surface area contributed by atoms with Crippen molar-refractivity contribution in [2.45, 2.75) is 25.3 Å². The van der Waals surface area contributed by atoms with Gasteiger partial charge in [-0.25, -0.2) is 0 Å². The number of aromatic nitrogens is 2. The summed E-state index contributed by atoms with van der Waals surface area (Å²) in [5.74, 6) is 0. The van der Waals surface area contributed by atoms with Crippen molar-refractivity contribution in [3.8, 4) is 6.07 Å². The number of hydrogen-bond acceptors (Lipinski definition) is 5. The third-order valence-corrected chi connectivity index (χ3v) is 4.04. The van der Waals surface area contributed by atoms with Gasteiger partial charge in [-0.3, -0.25) is 0 Å². The molecule has 5 heteroatoms. The Kier molecular flexibility index (Phi) is 3.98. The predicted octanol–water partition coefficient (Wildman–Crippen LogP) is 2.08. The highest BCUT2D eigenvalue weighted by molar-refractivity contribution is 5.93. The fourth-order valence-corrected chi connectivity index (χ4v) is 3.00. The molecule has 2 aromatic rings. The molecule has 0 radical (unpaired) electrons. The van der Waals surface area contributed by atoms with Gasteiger partial charge in [0.2, 0.25) is 0 Å². The standard InChI is InChI=1S/C16H19N5/c1-21(11-12-6-4-5-9-18-12)16-13-7-2-3-8-14(13)19-20-15(16)10-17/h2-3,7-8,12,18H,4-6,9,11H2,1H3. The van der Waals surface area contributed by atoms with Crippen LogP contribution in [0.25, 0.3) is 10.9 Å². The zero-order valence-electron chi connectivity index (χ0n) is 12.2. The van der Waals surface area contributed by atoms with E-state index in [2.05, 4.69) is 26.5 Å². The third-order valence-electron chi connectivity index (χ3n) is 4.04. The van der Waals surface area contributed by atoms with E-state index in [-0.39, 0.29) is 0 Å². The second-order valence-electron chi connectivity index (χ2n) is 5.55. The quantitative estimate of drug-likeness (QED) is 0.933. The van der Waals surface area contributed by atoms with Crippen molar-refractivity contribution >= 4 is 16.6 Å². The number of nitriles is 1. The van der Waals surface area contributed by atoms with E-state index in [1.807, 2.05) is 31.3 Å². The molecular formula is C16H19N5. The molecule has 1 atom stereocenters. The molecule has 0 spiro atoms. The van der Waals surface area contributed by atoms with Crippen LogP contribution in [0.4, 0.5) is 5.69 Å². The van der Waals surface area contributed by atoms with Crippen LogP contribution in [0.1, 0.15) is 25.0 Å². The molecule has 1 N–H and O–H groups in total. The number of benzene rings is 1. The van der Waals surface area contributed by atoms with Crippen molar-refractivity contribution in [3.05, 3.63) is 30.0 Å². The van der Waals surface area contributed by atoms with Crippen molar-refractivity contribution in [2.75, 3.05) is 25.0 Å². The number of piperidine rings is 1. The Balaban J connectivity index is 1.95. The van der Waals surface area contributed by atoms with Gasteiger partial charge in [0.15, 0.2) is 5.69 Å². The molecule has 0 amide bonds. The van der Waals surface area contributed by atoms with E-state index in [9.17, 15) is 5.26 Å². The van der Waals surface area contributed by atoms with Crippen LogP contribution < -0.4 is 10.2 Å². The first-order valence-corrected chi connectivity index (χ1v) is 7.39. The van der Waals surface area contributed by atoms with Gasteiger partial charge >= 0.3 is 0 Å². The van der Waals surface area contributed by atoms with Crippen molar-refractivity contribution < 1.29 is 0 Å². The Morgan fingerprint density at radius 1 is 1.33 bits per heavy atom. The molecule has 0 bridgehead atoms. The average Bonchev–Trinajstić information content (AvgIpc) is 2.54. The molecule has 1 saturated heterocycles. The molecule has 5 nitrogen and oxygen atoms in total. The van der Waals surface area contributed by atoms with Crippen LogP contribution >= 0.6 is 0 Å². The van der Waals surface area contributed by atoms with E-state index in [1.165, 1.54) is 19.3 Å². The molecule has 3 rings (SSSR count). The molecule has 1 aliphatic heterocycles. The molecular weight excluding hydrogens is 262 g/mol. The highest BCUT2D eigenvalue weighted by Crippen LogP contribution is 2.27. The second kappa shape index (κ2) is 6.06. The number of rotatable bonds is 3. The van der Waals surface area contributed by atoms with Gasteiger partial charge in [0.25, 0.3) is 0 Å². The Morgan fingerprint density at radius 2 is 2.19 bits per heavy atom. The summed E-state index contributed by atoms with van der Waals surface area (Å²) < 4.78 is 0. The lowest BCUT2D eigenvalue weighted by Gasteiger charge is -2.30. The summed E-state index contributed by atoms with van der Waals surface area (Å²) in [5.41, 5.74) is 2.11. The molecule has 1 unspecified atom stereocenters. The summed E-state index contributed by atoms with van der Waals surface area (Å²) in [6, 6.07) is 10.5. The van der Waals surface area contributed by atoms with Gasteiger partial charge < -0.3 is 10.2 Å². The Labute approximate surface area is 124 Å². The smallest absolute Gasteiger partial charge is 0.186 e. The Hall–Kier alpha value is -2.19. The van der Waals surface area contributed by atoms with Crippen molar-refractivity contribution in [1.29, 1.82) is 5.26 Å². The molecule has 1 aliphatic rings. The number of anilines is 1. The molecule has 1 aromatic carbocycles. The van der Waals surface area contributed by atoms with Gasteiger partial charge in [-0.2, -0.15) is 5.26 Å². The first kappa shape index (κ1) is 13.8. The van der Waals surface area contributed by atoms with Gasteiger partial charge in [0.1, 0.15) is 6.07 Å². The van der Waals surface area contributed by atoms with Gasteiger partial charge in [-0.05, 0) is 25.5 Å². The maximum Gasteiger partial charge on any atom is 0.186 e. The van der Waals surface area contributed by atoms with E-state index in [0.29, 0.717) is 11.7 Å². The highest BCUT2D eigenvalue weighted by Gasteiger charge is 2.19. The van der Waals surface area contributed by atoms with E-state index in [0.717, 1.165) is 29.7 Å². The Morgan fingerprint density at radius 3 is 2.95 bits per heavy atom. The average molecular weight is 281 g/mol. The first-order valence-electron chi connectivity index (χ1n) is 7.39. The number of fused-ring (bicyclic) bond motifs is 1. The van der Waals surface area contributed by atoms with Crippen molar-refractivity contribution in [2.24, 2.45) is 0 Å². The van der Waals surface area contributed by atoms with Crippen LogP contribution in [0.5, 0.6) is 0 Å². The zero-order valence-corrected chi connectivity index (χ0v) is 12.2. The highest BCUT2D eigenvalue weighted by atomic mass is 15.2. The van der Waals surface area contributed by atoms with E-state index in [4.69, 9.17) is 0 Å². The van der Waals surface area contributed by atoms with Gasteiger partial charge in [-0.1, -0.05) is 24.6 Å². The molecule has 1 aromatic heterocycles. The summed E-state index contributed by atoms with van der Waals surface area (Å²) in [5, 5.41) is 22.1. The number of nitrogens with one attached hydrogen (secondary N) is 1. The van der Waals surface area contributed by atoms with Crippen molar-refractivity contribution in [3.63, 3.8) is 0 Å². The fourth-order valence-electron chi connectivity index (χ4n) is 3.00. The van der Waals surface area contributed by atoms with E-state index >= 15 is 0 Å². The van der Waals surface area contributed by atoms with Gasteiger partial charge in [-0.15, -0.1) is 10.2 Å². The lowest BCUT2D eigenvalue weighted by Crippen LogP contribution is -2.42. The van der Waals surface area contributed by atoms with Crippen LogP contribution in [-0.2, 0) is 0 Å². The molecule has 0 aliphatic carbocycles. The zero-order chi connectivity index (χ0) is 14.7. The summed E-state index contributed by atoms with van der Waals surface area (Å²) in [4.78, 5) is 2.14. The van der Waals surface area contributed by atoms with Crippen molar-refractivity contribution in [1.82, 2.24) is 15.5 Å². The van der Waals surface area contributed by atoms with Crippen LogP contribution in [0, 0.1) is 11.3 Å². The lowest BCUT2D eigenvalue weighted by atomic mass is 10.0. The molecule has 1 fully saturated rings. The summed E-state index contributed by atoms with van der Waals surface area (Å²) in [6.07, 6.45) is 3.71. The normalized spacial score (nSPS) is 18.4. The summed E-state index contributed by atoms with van der Waals surface area (Å²) in [7, 11) is 2.03. The van der Waals surface area contributed by atoms with E-state index < -0.39 is 0 Å². The minimum absolute atomic E-state index is 0.395. The summed E-state index contributed by atoms with van der Waals surface area (Å²) in [6.45, 7) is 1.96. The minimum Gasteiger partial charge on any atom is -0.370 e. The largest absolute Gasteiger partial charge is 0.370 e. The number of likely N-dealkylation sites (N-methyl/N-ethyl adjacent to an activating group) is 1. The molecule has 2 heterocycles. The summed E-state index contributed by atoms with van der Waals surface area (Å²) >= 11 is 0. The SMILES string of the molecule is CN(CC1CCCCN1)c1c(C#N)nnc2ccccc12. The van der Waals surface area contributed by atoms with E-state index in [1.54, 1.807) is 0 Å². The number of nitrogens with zero attached hydrogens (tertiary/aromatic N) is 4. The lowest BCUT2D eigenvalue weighted by molar-refractivity contribution is 0.403. The minimum atomic E-state index is 0.395. The van der Waals surface area contributed by atoms with Crippen LogP contribution in [0.15, 0.2) is 24.3 Å². The molecule has 108 valence electrons. The van der Waals surface area contributed by atoms with Crippen LogP contribution in [0.2, 0.25) is 0 Å².